The van der Waals surface area contributed by atoms with E-state index in [1.54, 1.807) is 10.9 Å². The van der Waals surface area contributed by atoms with Crippen molar-refractivity contribution in [3.8, 4) is 5.69 Å². The van der Waals surface area contributed by atoms with Gasteiger partial charge in [0.05, 0.1) is 29.2 Å². The van der Waals surface area contributed by atoms with E-state index in [1.165, 1.54) is 0 Å². The van der Waals surface area contributed by atoms with Crippen LogP contribution in [0.2, 0.25) is 0 Å². The molecule has 1 atom stereocenters. The third-order valence-corrected chi connectivity index (χ3v) is 3.79. The Labute approximate surface area is 134 Å². The second-order valence-electron chi connectivity index (χ2n) is 5.53. The maximum Gasteiger partial charge on any atom is 0.255 e. The van der Waals surface area contributed by atoms with E-state index in [-0.39, 0.29) is 11.9 Å². The molecule has 5 heteroatoms. The van der Waals surface area contributed by atoms with E-state index in [0.717, 1.165) is 22.9 Å². The summed E-state index contributed by atoms with van der Waals surface area (Å²) < 4.78 is 7.31. The smallest absolute Gasteiger partial charge is 0.255 e. The standard InChI is InChI=1S/C18H19N3O2/c1-12-9-10-17(23-12)13(2)20-18(22)16-11-19-21(14(16)3)15-7-5-4-6-8-15/h4-11,13H,1-3H3,(H,20,22). The third-order valence-electron chi connectivity index (χ3n) is 3.79. The number of nitrogens with zero attached hydrogens (tertiary/aromatic N) is 2. The number of rotatable bonds is 4. The number of hydrogen-bond acceptors (Lipinski definition) is 3. The molecule has 1 aromatic carbocycles. The van der Waals surface area contributed by atoms with Gasteiger partial charge in [0.1, 0.15) is 11.5 Å². The van der Waals surface area contributed by atoms with Gasteiger partial charge < -0.3 is 9.73 Å². The first kappa shape index (κ1) is 15.1. The van der Waals surface area contributed by atoms with E-state index >= 15 is 0 Å². The van der Waals surface area contributed by atoms with Crippen molar-refractivity contribution < 1.29 is 9.21 Å². The van der Waals surface area contributed by atoms with Gasteiger partial charge in [0, 0.05) is 0 Å². The van der Waals surface area contributed by atoms with Crippen LogP contribution in [0.1, 0.15) is 40.5 Å². The van der Waals surface area contributed by atoms with Crippen LogP contribution < -0.4 is 5.32 Å². The molecule has 0 fully saturated rings. The fourth-order valence-electron chi connectivity index (χ4n) is 2.49. The molecule has 0 aliphatic heterocycles. The zero-order valence-electron chi connectivity index (χ0n) is 13.4. The van der Waals surface area contributed by atoms with Gasteiger partial charge in [0.25, 0.3) is 5.91 Å². The maximum atomic E-state index is 12.5. The van der Waals surface area contributed by atoms with Crippen LogP contribution >= 0.6 is 0 Å². The third kappa shape index (κ3) is 3.04. The van der Waals surface area contributed by atoms with Gasteiger partial charge in [0.2, 0.25) is 0 Å². The zero-order chi connectivity index (χ0) is 16.4. The molecule has 5 nitrogen and oxygen atoms in total. The van der Waals surface area contributed by atoms with Crippen LogP contribution in [0.25, 0.3) is 5.69 Å². The van der Waals surface area contributed by atoms with Crippen molar-refractivity contribution in [3.63, 3.8) is 0 Å². The van der Waals surface area contributed by atoms with Crippen LogP contribution in [0.5, 0.6) is 0 Å². The number of nitrogens with one attached hydrogen (secondary N) is 1. The molecule has 0 aliphatic carbocycles. The number of para-hydroxylation sites is 1. The molecule has 0 aliphatic rings. The molecule has 23 heavy (non-hydrogen) atoms. The molecular formula is C18H19N3O2. The molecule has 2 aromatic heterocycles. The number of carbonyl (C=O) groups is 1. The van der Waals surface area contributed by atoms with E-state index in [4.69, 9.17) is 4.42 Å². The summed E-state index contributed by atoms with van der Waals surface area (Å²) in [6.45, 7) is 5.66. The average Bonchev–Trinajstić information content (AvgIpc) is 3.14. The summed E-state index contributed by atoms with van der Waals surface area (Å²) in [7, 11) is 0. The highest BCUT2D eigenvalue weighted by Crippen LogP contribution is 2.18. The molecule has 118 valence electrons. The second-order valence-corrected chi connectivity index (χ2v) is 5.53. The minimum absolute atomic E-state index is 0.161. The summed E-state index contributed by atoms with van der Waals surface area (Å²) in [6.07, 6.45) is 1.60. The van der Waals surface area contributed by atoms with E-state index in [2.05, 4.69) is 10.4 Å². The Balaban J connectivity index is 1.79. The Morgan fingerprint density at radius 1 is 1.17 bits per heavy atom. The molecule has 1 amide bonds. The van der Waals surface area contributed by atoms with Gasteiger partial charge in [-0.15, -0.1) is 0 Å². The summed E-state index contributed by atoms with van der Waals surface area (Å²) >= 11 is 0. The molecule has 0 bridgehead atoms. The van der Waals surface area contributed by atoms with Crippen LogP contribution in [0, 0.1) is 13.8 Å². The van der Waals surface area contributed by atoms with Crippen LogP contribution in [-0.4, -0.2) is 15.7 Å². The first-order valence-corrected chi connectivity index (χ1v) is 7.53. The summed E-state index contributed by atoms with van der Waals surface area (Å²) in [6, 6.07) is 13.3. The lowest BCUT2D eigenvalue weighted by molar-refractivity contribution is 0.0934. The van der Waals surface area contributed by atoms with Crippen molar-refractivity contribution >= 4 is 5.91 Å². The molecule has 0 saturated carbocycles. The monoisotopic (exact) mass is 309 g/mol. The number of furan rings is 1. The largest absolute Gasteiger partial charge is 0.464 e. The predicted molar refractivity (Wildman–Crippen MR) is 87.6 cm³/mol. The topological polar surface area (TPSA) is 60.1 Å². The summed E-state index contributed by atoms with van der Waals surface area (Å²) in [5, 5.41) is 7.27. The molecule has 3 rings (SSSR count). The van der Waals surface area contributed by atoms with Crippen molar-refractivity contribution in [1.29, 1.82) is 0 Å². The van der Waals surface area contributed by atoms with Gasteiger partial charge in [-0.05, 0) is 45.0 Å². The van der Waals surface area contributed by atoms with Gasteiger partial charge >= 0.3 is 0 Å². The Morgan fingerprint density at radius 2 is 1.91 bits per heavy atom. The quantitative estimate of drug-likeness (QED) is 0.801. The number of carbonyl (C=O) groups excluding carboxylic acids is 1. The SMILES string of the molecule is Cc1ccc(C(C)NC(=O)c2cnn(-c3ccccc3)c2C)o1. The minimum Gasteiger partial charge on any atom is -0.464 e. The van der Waals surface area contributed by atoms with Crippen LogP contribution in [-0.2, 0) is 0 Å². The van der Waals surface area contributed by atoms with E-state index in [1.807, 2.05) is 63.2 Å². The Kier molecular flexibility index (Phi) is 4.02. The highest BCUT2D eigenvalue weighted by atomic mass is 16.3. The van der Waals surface area contributed by atoms with Crippen molar-refractivity contribution in [2.24, 2.45) is 0 Å². The maximum absolute atomic E-state index is 12.5. The Bertz CT molecular complexity index is 818. The molecular weight excluding hydrogens is 290 g/mol. The van der Waals surface area contributed by atoms with Gasteiger partial charge in [-0.3, -0.25) is 4.79 Å². The van der Waals surface area contributed by atoms with Gasteiger partial charge in [0.15, 0.2) is 0 Å². The van der Waals surface area contributed by atoms with Crippen molar-refractivity contribution in [3.05, 3.63) is 71.4 Å². The summed E-state index contributed by atoms with van der Waals surface area (Å²) in [4.78, 5) is 12.5. The number of benzene rings is 1. The van der Waals surface area contributed by atoms with Crippen LogP contribution in [0.3, 0.4) is 0 Å². The van der Waals surface area contributed by atoms with Crippen molar-refractivity contribution in [2.75, 3.05) is 0 Å². The number of hydrogen-bond donors (Lipinski definition) is 1. The molecule has 2 heterocycles. The average molecular weight is 309 g/mol. The highest BCUT2D eigenvalue weighted by Gasteiger charge is 2.18. The molecule has 0 spiro atoms. The molecule has 3 aromatic rings. The second kappa shape index (κ2) is 6.12. The van der Waals surface area contributed by atoms with E-state index in [9.17, 15) is 4.79 Å². The highest BCUT2D eigenvalue weighted by molar-refractivity contribution is 5.95. The molecule has 0 saturated heterocycles. The van der Waals surface area contributed by atoms with Crippen molar-refractivity contribution in [2.45, 2.75) is 26.8 Å². The van der Waals surface area contributed by atoms with E-state index < -0.39 is 0 Å². The number of aromatic nitrogens is 2. The van der Waals surface area contributed by atoms with Crippen LogP contribution in [0.4, 0.5) is 0 Å². The fraction of sp³-hybridized carbons (Fsp3) is 0.222. The molecule has 0 radical (unpaired) electrons. The Morgan fingerprint density at radius 3 is 2.57 bits per heavy atom. The van der Waals surface area contributed by atoms with Gasteiger partial charge in [-0.2, -0.15) is 5.10 Å². The lowest BCUT2D eigenvalue weighted by Gasteiger charge is -2.11. The predicted octanol–water partition coefficient (Wildman–Crippen LogP) is 3.57. The number of amides is 1. The minimum atomic E-state index is -0.198. The lowest BCUT2D eigenvalue weighted by Crippen LogP contribution is -2.26. The summed E-state index contributed by atoms with van der Waals surface area (Å²) in [5.74, 6) is 1.41. The van der Waals surface area contributed by atoms with Gasteiger partial charge in [-0.25, -0.2) is 4.68 Å². The normalized spacial score (nSPS) is 12.1. The molecule has 1 unspecified atom stereocenters. The first-order valence-electron chi connectivity index (χ1n) is 7.53. The number of aryl methyl sites for hydroxylation is 1. The van der Waals surface area contributed by atoms with Crippen LogP contribution in [0.15, 0.2) is 53.1 Å². The van der Waals surface area contributed by atoms with Gasteiger partial charge in [-0.1, -0.05) is 18.2 Å². The van der Waals surface area contributed by atoms with Crippen molar-refractivity contribution in [1.82, 2.24) is 15.1 Å². The first-order chi connectivity index (χ1) is 11.1. The summed E-state index contributed by atoms with van der Waals surface area (Å²) in [5.41, 5.74) is 2.29. The van der Waals surface area contributed by atoms with E-state index in [0.29, 0.717) is 5.56 Å². The lowest BCUT2D eigenvalue weighted by atomic mass is 10.2. The Hall–Kier alpha value is -2.82. The molecule has 1 N–H and O–H groups in total. The fourth-order valence-corrected chi connectivity index (χ4v) is 2.49. The zero-order valence-corrected chi connectivity index (χ0v) is 13.4.